The molecule has 1 aromatic heterocycles. The number of benzene rings is 1. The zero-order valence-electron chi connectivity index (χ0n) is 9.03. The molecule has 0 aliphatic heterocycles. The number of nitrogen functional groups attached to an aromatic ring is 1. The van der Waals surface area contributed by atoms with Gasteiger partial charge in [-0.3, -0.25) is 4.79 Å². The van der Waals surface area contributed by atoms with Crippen molar-refractivity contribution in [1.29, 1.82) is 0 Å². The smallest absolute Gasteiger partial charge is 0.268 e. The molecule has 1 aromatic carbocycles. The van der Waals surface area contributed by atoms with Crippen LogP contribution in [0, 0.1) is 6.92 Å². The number of halogens is 1. The third-order valence-electron chi connectivity index (χ3n) is 2.30. The van der Waals surface area contributed by atoms with Crippen molar-refractivity contribution in [2.75, 3.05) is 5.73 Å². The molecule has 1 heterocycles. The average Bonchev–Trinajstić information content (AvgIpc) is 2.31. The zero-order chi connectivity index (χ0) is 12.4. The number of aromatic amines is 1. The fourth-order valence-corrected chi connectivity index (χ4v) is 1.58. The van der Waals surface area contributed by atoms with Gasteiger partial charge in [-0.15, -0.1) is 0 Å². The van der Waals surface area contributed by atoms with Gasteiger partial charge in [0.1, 0.15) is 10.2 Å². The Hall–Kier alpha value is -1.82. The molecule has 0 spiro atoms. The standard InChI is InChI=1S/C11H10BrN3O2/c1-6-7(13)3-2-4-8(6)17-11-9(12)10(16)14-5-15-11/h2-5H,13H2,1H3,(H,14,15,16). The summed E-state index contributed by atoms with van der Waals surface area (Å²) in [6.07, 6.45) is 1.28. The molecule has 2 aromatic rings. The highest BCUT2D eigenvalue weighted by atomic mass is 79.9. The van der Waals surface area contributed by atoms with Gasteiger partial charge >= 0.3 is 0 Å². The average molecular weight is 296 g/mol. The molecule has 0 bridgehead atoms. The van der Waals surface area contributed by atoms with Crippen molar-refractivity contribution < 1.29 is 4.74 Å². The number of nitrogens with one attached hydrogen (secondary N) is 1. The maximum atomic E-state index is 11.3. The van der Waals surface area contributed by atoms with Crippen LogP contribution in [0.5, 0.6) is 11.6 Å². The molecule has 2 rings (SSSR count). The van der Waals surface area contributed by atoms with Crippen molar-refractivity contribution >= 4 is 21.6 Å². The van der Waals surface area contributed by atoms with Crippen LogP contribution in [-0.4, -0.2) is 9.97 Å². The largest absolute Gasteiger partial charge is 0.437 e. The molecule has 0 aliphatic carbocycles. The molecule has 0 saturated heterocycles. The van der Waals surface area contributed by atoms with Gasteiger partial charge in [-0.05, 0) is 35.0 Å². The van der Waals surface area contributed by atoms with Crippen molar-refractivity contribution in [2.24, 2.45) is 0 Å². The third-order valence-corrected chi connectivity index (χ3v) is 3.00. The van der Waals surface area contributed by atoms with Gasteiger partial charge in [0.2, 0.25) is 5.88 Å². The van der Waals surface area contributed by atoms with Crippen molar-refractivity contribution in [3.8, 4) is 11.6 Å². The molecule has 0 saturated carbocycles. The molecule has 17 heavy (non-hydrogen) atoms. The molecule has 0 fully saturated rings. The molecule has 0 amide bonds. The van der Waals surface area contributed by atoms with Crippen molar-refractivity contribution in [3.63, 3.8) is 0 Å². The Balaban J connectivity index is 2.42. The Morgan fingerprint density at radius 2 is 2.24 bits per heavy atom. The van der Waals surface area contributed by atoms with Gasteiger partial charge in [0, 0.05) is 11.3 Å². The van der Waals surface area contributed by atoms with E-state index in [1.54, 1.807) is 18.2 Å². The van der Waals surface area contributed by atoms with Crippen LogP contribution in [0.3, 0.4) is 0 Å². The van der Waals surface area contributed by atoms with Crippen LogP contribution in [0.25, 0.3) is 0 Å². The van der Waals surface area contributed by atoms with Crippen molar-refractivity contribution in [2.45, 2.75) is 6.92 Å². The maximum Gasteiger partial charge on any atom is 0.268 e. The van der Waals surface area contributed by atoms with Crippen LogP contribution < -0.4 is 16.0 Å². The Labute approximate surface area is 106 Å². The second-order valence-corrected chi connectivity index (χ2v) is 4.22. The fraction of sp³-hybridized carbons (Fsp3) is 0.0909. The van der Waals surface area contributed by atoms with Crippen LogP contribution in [-0.2, 0) is 0 Å². The van der Waals surface area contributed by atoms with Crippen molar-refractivity contribution in [1.82, 2.24) is 9.97 Å². The Morgan fingerprint density at radius 1 is 1.47 bits per heavy atom. The number of nitrogens with zero attached hydrogens (tertiary/aromatic N) is 1. The minimum Gasteiger partial charge on any atom is -0.437 e. The molecular weight excluding hydrogens is 286 g/mol. The molecule has 88 valence electrons. The summed E-state index contributed by atoms with van der Waals surface area (Å²) in [5.74, 6) is 0.784. The second kappa shape index (κ2) is 4.58. The summed E-state index contributed by atoms with van der Waals surface area (Å²) in [5, 5.41) is 0. The summed E-state index contributed by atoms with van der Waals surface area (Å²) in [4.78, 5) is 17.7. The Bertz CT molecular complexity index is 610. The normalized spacial score (nSPS) is 10.2. The lowest BCUT2D eigenvalue weighted by atomic mass is 10.2. The number of anilines is 1. The molecule has 5 nitrogen and oxygen atoms in total. The molecule has 3 N–H and O–H groups in total. The first kappa shape index (κ1) is 11.7. The number of aromatic nitrogens is 2. The summed E-state index contributed by atoms with van der Waals surface area (Å²) < 4.78 is 5.80. The van der Waals surface area contributed by atoms with E-state index >= 15 is 0 Å². The van der Waals surface area contributed by atoms with Gasteiger partial charge in [-0.25, -0.2) is 4.98 Å². The number of hydrogen-bond donors (Lipinski definition) is 2. The van der Waals surface area contributed by atoms with Crippen molar-refractivity contribution in [3.05, 3.63) is 44.9 Å². The summed E-state index contributed by atoms with van der Waals surface area (Å²) >= 11 is 3.12. The van der Waals surface area contributed by atoms with E-state index in [-0.39, 0.29) is 15.9 Å². The number of rotatable bonds is 2. The van der Waals surface area contributed by atoms with E-state index in [1.807, 2.05) is 6.92 Å². The molecule has 0 radical (unpaired) electrons. The minimum atomic E-state index is -0.295. The quantitative estimate of drug-likeness (QED) is 0.833. The maximum absolute atomic E-state index is 11.3. The van der Waals surface area contributed by atoms with Crippen LogP contribution in [0.4, 0.5) is 5.69 Å². The number of H-pyrrole nitrogens is 1. The van der Waals surface area contributed by atoms with E-state index in [0.717, 1.165) is 5.56 Å². The second-order valence-electron chi connectivity index (χ2n) is 3.42. The van der Waals surface area contributed by atoms with E-state index in [2.05, 4.69) is 25.9 Å². The van der Waals surface area contributed by atoms with Crippen LogP contribution >= 0.6 is 15.9 Å². The molecular formula is C11H10BrN3O2. The van der Waals surface area contributed by atoms with E-state index < -0.39 is 0 Å². The van der Waals surface area contributed by atoms with Gasteiger partial charge in [0.05, 0.1) is 6.33 Å². The number of ether oxygens (including phenoxy) is 1. The summed E-state index contributed by atoms with van der Waals surface area (Å²) in [5.41, 5.74) is 6.90. The summed E-state index contributed by atoms with van der Waals surface area (Å²) in [7, 11) is 0. The molecule has 0 atom stereocenters. The summed E-state index contributed by atoms with van der Waals surface area (Å²) in [6.45, 7) is 1.84. The lowest BCUT2D eigenvalue weighted by molar-refractivity contribution is 0.454. The fourth-order valence-electron chi connectivity index (χ4n) is 1.28. The third kappa shape index (κ3) is 2.31. The number of nitrogens with two attached hydrogens (primary N) is 1. The lowest BCUT2D eigenvalue weighted by Crippen LogP contribution is -2.08. The minimum absolute atomic E-state index is 0.211. The van der Waals surface area contributed by atoms with E-state index in [0.29, 0.717) is 11.4 Å². The van der Waals surface area contributed by atoms with Crippen LogP contribution in [0.2, 0.25) is 0 Å². The first-order valence-electron chi connectivity index (χ1n) is 4.85. The Morgan fingerprint density at radius 3 is 3.00 bits per heavy atom. The monoisotopic (exact) mass is 295 g/mol. The van der Waals surface area contributed by atoms with Gasteiger partial charge in [-0.2, -0.15) is 0 Å². The Kier molecular flexibility index (Phi) is 3.14. The lowest BCUT2D eigenvalue weighted by Gasteiger charge is -2.09. The highest BCUT2D eigenvalue weighted by molar-refractivity contribution is 9.10. The van der Waals surface area contributed by atoms with Gasteiger partial charge in [0.15, 0.2) is 0 Å². The van der Waals surface area contributed by atoms with Gasteiger partial charge in [0.25, 0.3) is 5.56 Å². The van der Waals surface area contributed by atoms with E-state index in [1.165, 1.54) is 6.33 Å². The summed E-state index contributed by atoms with van der Waals surface area (Å²) in [6, 6.07) is 5.32. The van der Waals surface area contributed by atoms with Gasteiger partial charge in [-0.1, -0.05) is 6.07 Å². The predicted octanol–water partition coefficient (Wildman–Crippen LogP) is 2.22. The zero-order valence-corrected chi connectivity index (χ0v) is 10.6. The highest BCUT2D eigenvalue weighted by Crippen LogP contribution is 2.29. The topological polar surface area (TPSA) is 81.0 Å². The molecule has 6 heteroatoms. The van der Waals surface area contributed by atoms with Crippen LogP contribution in [0.15, 0.2) is 33.8 Å². The van der Waals surface area contributed by atoms with Crippen LogP contribution in [0.1, 0.15) is 5.56 Å². The first-order valence-corrected chi connectivity index (χ1v) is 5.65. The SMILES string of the molecule is Cc1c(N)cccc1Oc1nc[nH]c(=O)c1Br. The van der Waals surface area contributed by atoms with Gasteiger partial charge < -0.3 is 15.5 Å². The predicted molar refractivity (Wildman–Crippen MR) is 68.2 cm³/mol. The van der Waals surface area contributed by atoms with E-state index in [4.69, 9.17) is 10.5 Å². The van der Waals surface area contributed by atoms with E-state index in [9.17, 15) is 4.79 Å². The first-order chi connectivity index (χ1) is 8.09. The number of hydrogen-bond acceptors (Lipinski definition) is 4. The molecule has 0 aliphatic rings. The molecule has 0 unspecified atom stereocenters. The highest BCUT2D eigenvalue weighted by Gasteiger charge is 2.10.